The Labute approximate surface area is 473 Å². The minimum atomic E-state index is -2.72. The van der Waals surface area contributed by atoms with Crippen LogP contribution in [0.3, 0.4) is 0 Å². The molecular formula is C72H72N6O. The zero-order valence-electron chi connectivity index (χ0n) is 53.5. The molecule has 8 aromatic carbocycles. The van der Waals surface area contributed by atoms with Crippen LogP contribution in [0.25, 0.3) is 82.4 Å². The van der Waals surface area contributed by atoms with E-state index < -0.39 is 14.0 Å². The van der Waals surface area contributed by atoms with Gasteiger partial charge in [-0.2, -0.15) is 0 Å². The summed E-state index contributed by atoms with van der Waals surface area (Å²) in [4.78, 5) is 9.34. The largest absolute Gasteiger partial charge is 0.457 e. The lowest BCUT2D eigenvalue weighted by Gasteiger charge is -2.27. The van der Waals surface area contributed by atoms with Gasteiger partial charge >= 0.3 is 0 Å². The average Bonchev–Trinajstić information content (AvgIpc) is 1.58. The summed E-state index contributed by atoms with van der Waals surface area (Å²) in [5.74, 6) is 2.13. The molecule has 0 aliphatic carbocycles. The fraction of sp³-hybridized carbons (Fsp3) is 0.264. The van der Waals surface area contributed by atoms with E-state index in [1.54, 1.807) is 0 Å². The van der Waals surface area contributed by atoms with E-state index in [2.05, 4.69) is 201 Å². The van der Waals surface area contributed by atoms with E-state index in [-0.39, 0.29) is 28.3 Å². The lowest BCUT2D eigenvalue weighted by atomic mass is 9.85. The predicted molar refractivity (Wildman–Crippen MR) is 335 cm³/mol. The molecule has 79 heavy (non-hydrogen) atoms. The van der Waals surface area contributed by atoms with E-state index in [4.69, 9.17) is 9.72 Å². The van der Waals surface area contributed by atoms with Gasteiger partial charge in [-0.25, -0.2) is 4.98 Å². The number of benzene rings is 8. The quantitative estimate of drug-likeness (QED) is 0.166. The molecule has 0 saturated carbocycles. The smallest absolute Gasteiger partial charge is 0.137 e. The molecule has 0 spiro atoms. The maximum absolute atomic E-state index is 9.57. The van der Waals surface area contributed by atoms with Gasteiger partial charge in [-0.15, -0.1) is 0 Å². The highest BCUT2D eigenvalue weighted by Gasteiger charge is 2.36. The van der Waals surface area contributed by atoms with Crippen molar-refractivity contribution in [1.29, 1.82) is 0 Å². The van der Waals surface area contributed by atoms with Crippen molar-refractivity contribution >= 4 is 88.2 Å². The molecule has 0 radical (unpaired) electrons. The predicted octanol–water partition coefficient (Wildman–Crippen LogP) is 19.4. The Bertz CT molecular complexity index is 4560. The number of ether oxygens (including phenoxy) is 1. The number of hydrogen-bond acceptors (Lipinski definition) is 4. The van der Waals surface area contributed by atoms with Crippen molar-refractivity contribution in [1.82, 2.24) is 18.7 Å². The summed E-state index contributed by atoms with van der Waals surface area (Å²) in [6, 6.07) is 55.9. The van der Waals surface area contributed by atoms with E-state index in [9.17, 15) is 8.22 Å². The monoisotopic (exact) mass is 1040 g/mol. The Morgan fingerprint density at radius 1 is 0.443 bits per heavy atom. The minimum Gasteiger partial charge on any atom is -0.457 e. The number of para-hydroxylation sites is 3. The van der Waals surface area contributed by atoms with Crippen LogP contribution in [0.1, 0.15) is 114 Å². The molecule has 0 N–H and O–H groups in total. The van der Waals surface area contributed by atoms with Gasteiger partial charge in [-0.1, -0.05) is 156 Å². The molecule has 0 amide bonds. The number of pyridine rings is 1. The van der Waals surface area contributed by atoms with Crippen LogP contribution in [0.4, 0.5) is 22.7 Å². The molecule has 0 bridgehead atoms. The van der Waals surface area contributed by atoms with Crippen molar-refractivity contribution in [3.63, 3.8) is 0 Å². The highest BCUT2D eigenvalue weighted by Crippen LogP contribution is 2.55. The summed E-state index contributed by atoms with van der Waals surface area (Å²) in [7, 11) is 0. The lowest BCUT2D eigenvalue weighted by Crippen LogP contribution is -2.25. The summed E-state index contributed by atoms with van der Waals surface area (Å²) in [5, 5.41) is 5.24. The first kappa shape index (κ1) is 43.7. The third-order valence-electron chi connectivity index (χ3n) is 16.5. The zero-order valence-corrected chi connectivity index (χ0v) is 47.5. The number of nitrogens with zero attached hydrogens (tertiary/aromatic N) is 6. The molecule has 0 fully saturated rings. The van der Waals surface area contributed by atoms with Crippen molar-refractivity contribution < 1.29 is 13.0 Å². The van der Waals surface area contributed by atoms with E-state index in [0.29, 0.717) is 39.3 Å². The van der Waals surface area contributed by atoms with Gasteiger partial charge in [0, 0.05) is 95.1 Å². The fourth-order valence-corrected chi connectivity index (χ4v) is 12.1. The van der Waals surface area contributed by atoms with Gasteiger partial charge in [0.15, 0.2) is 0 Å². The van der Waals surface area contributed by atoms with Crippen molar-refractivity contribution in [3.8, 4) is 28.4 Å². The Hall–Kier alpha value is -8.29. The van der Waals surface area contributed by atoms with E-state index in [1.807, 2.05) is 66.9 Å². The first-order valence-corrected chi connectivity index (χ1v) is 27.6. The van der Waals surface area contributed by atoms with Crippen molar-refractivity contribution in [2.45, 2.75) is 105 Å². The van der Waals surface area contributed by atoms with E-state index in [1.165, 1.54) is 14.7 Å². The normalized spacial score (nSPS) is 15.0. The summed E-state index contributed by atoms with van der Waals surface area (Å²) < 4.78 is 69.7. The van der Waals surface area contributed by atoms with Crippen LogP contribution in [-0.4, -0.2) is 25.4 Å². The Balaban J connectivity index is 1.08. The molecule has 0 atom stereocenters. The molecule has 5 heterocycles. The van der Waals surface area contributed by atoms with Gasteiger partial charge < -0.3 is 23.7 Å². The van der Waals surface area contributed by atoms with Crippen LogP contribution in [0.15, 0.2) is 170 Å². The first-order chi connectivity index (χ1) is 40.0. The van der Waals surface area contributed by atoms with Gasteiger partial charge in [0.2, 0.25) is 0 Å². The summed E-state index contributed by atoms with van der Waals surface area (Å²) in [5.41, 5.74) is 11.9. The fourth-order valence-electron chi connectivity index (χ4n) is 12.1. The van der Waals surface area contributed by atoms with Gasteiger partial charge in [0.1, 0.15) is 24.0 Å². The van der Waals surface area contributed by atoms with Crippen molar-refractivity contribution in [2.75, 3.05) is 16.5 Å². The third kappa shape index (κ3) is 8.09. The molecule has 0 unspecified atom stereocenters. The van der Waals surface area contributed by atoms with Gasteiger partial charge in [0.05, 0.1) is 39.1 Å². The summed E-state index contributed by atoms with van der Waals surface area (Å²) >= 11 is 0. The average molecular weight is 1040 g/mol. The molecule has 1 aliphatic heterocycles. The molecule has 7 nitrogen and oxygen atoms in total. The topological polar surface area (TPSA) is 43.4 Å². The third-order valence-corrected chi connectivity index (χ3v) is 16.5. The lowest BCUT2D eigenvalue weighted by molar-refractivity contribution is 0.479. The molecule has 7 heteroatoms. The van der Waals surface area contributed by atoms with Crippen LogP contribution >= 0.6 is 0 Å². The van der Waals surface area contributed by atoms with Crippen molar-refractivity contribution in [3.05, 3.63) is 192 Å². The van der Waals surface area contributed by atoms with E-state index >= 15 is 0 Å². The molecular weight excluding hydrogens is 965 g/mol. The van der Waals surface area contributed by atoms with Crippen LogP contribution in [-0.2, 0) is 35.6 Å². The van der Waals surface area contributed by atoms with Gasteiger partial charge in [-0.05, 0) is 128 Å². The summed E-state index contributed by atoms with van der Waals surface area (Å²) in [6.07, 6.45) is 1.89. The Kier molecular flexibility index (Phi) is 9.73. The van der Waals surface area contributed by atoms with Crippen molar-refractivity contribution in [2.24, 2.45) is 14.0 Å². The van der Waals surface area contributed by atoms with Crippen LogP contribution in [0, 0.1) is 0 Å². The molecule has 12 aromatic rings. The zero-order chi connectivity index (χ0) is 60.2. The Morgan fingerprint density at radius 3 is 1.61 bits per heavy atom. The number of aromatic nitrogens is 4. The Morgan fingerprint density at radius 2 is 1.00 bits per heavy atom. The van der Waals surface area contributed by atoms with Crippen LogP contribution in [0.5, 0.6) is 11.5 Å². The van der Waals surface area contributed by atoms with Gasteiger partial charge in [-0.3, -0.25) is 4.57 Å². The van der Waals surface area contributed by atoms with Crippen LogP contribution in [0.2, 0.25) is 0 Å². The number of anilines is 4. The maximum atomic E-state index is 9.57. The molecule has 13 rings (SSSR count). The van der Waals surface area contributed by atoms with Crippen LogP contribution < -0.4 is 14.5 Å². The molecule has 4 aromatic heterocycles. The highest BCUT2D eigenvalue weighted by molar-refractivity contribution is 6.33. The summed E-state index contributed by atoms with van der Waals surface area (Å²) in [6.45, 7) is 21.0. The van der Waals surface area contributed by atoms with Gasteiger partial charge in [0.25, 0.3) is 0 Å². The molecule has 0 saturated heterocycles. The second-order valence-corrected chi connectivity index (χ2v) is 25.9. The first-order valence-electron chi connectivity index (χ1n) is 30.6. The molecule has 1 aliphatic rings. The number of fused-ring (bicyclic) bond motifs is 10. The minimum absolute atomic E-state index is 0.0821. The number of hydrogen-bond donors (Lipinski definition) is 0. The van der Waals surface area contributed by atoms with E-state index in [0.717, 1.165) is 94.0 Å². The highest BCUT2D eigenvalue weighted by atomic mass is 16.5. The SMILES string of the molecule is [2H]C([2H])([2H])n1c2ccc(C(C)(C)C)cc2c2c(-c3ccccc3)c3c4cc(C(C)(C)C)ccc4n(C([2H])([2H])[2H])c3c(N3CN(c4cc(Oc5ccc6c7ccccc7n(-c7cc(C(C)(C)C)ccn7)c6c5)cc(C(C)(C)C)c4)c4ccccc43)c21. The second-order valence-electron chi connectivity index (χ2n) is 25.9. The number of aryl methyl sites for hydroxylation is 2. The second kappa shape index (κ2) is 17.6. The molecule has 396 valence electrons. The number of rotatable bonds is 6. The standard InChI is InChI=1S/C72H72N6O/c1-69(2,3)45-28-32-56-54(38-45)64-63(44-22-16-15-17-23-44)65-55-39-46(70(4,5)6)29-33-57(55)75(14)67(65)68(66(64)74(56)13)77-43-76(59-26-20-21-27-60(59)77)49-36-48(72(10,11)12)37-51(41-49)79-50-30-31-53-52-24-18-19-25-58(52)78(61(53)42-50)62-40-47(34-35-73-62)71(7,8)9/h15-42H,43H2,1-14H3/i13D3,14D3. The maximum Gasteiger partial charge on any atom is 0.137 e.